The molecule has 0 spiro atoms. The molecule has 0 aliphatic carbocycles. The van der Waals surface area contributed by atoms with Gasteiger partial charge in [-0.15, -0.1) is 11.6 Å². The Morgan fingerprint density at radius 3 is 2.33 bits per heavy atom. The fraction of sp³-hybridized carbons (Fsp3) is 0. The van der Waals surface area contributed by atoms with E-state index >= 15 is 0 Å². The molecule has 1 aromatic carbocycles. The molecule has 0 bridgehead atoms. The Morgan fingerprint density at radius 1 is 1.22 bits per heavy atom. The predicted molar refractivity (Wildman–Crippen MR) is 40.7 cm³/mol. The molecule has 1 aromatic rings. The first-order valence-electron chi connectivity index (χ1n) is 2.52. The molecule has 0 N–H and O–H groups in total. The van der Waals surface area contributed by atoms with Crippen molar-refractivity contribution in [2.45, 2.75) is 0 Å². The lowest BCUT2D eigenvalue weighted by atomic mass is 10.2. The minimum atomic E-state index is 0.688. The largest absolute Gasteiger partial charge is 0.116 e. The molecule has 0 fully saturated rings. The van der Waals surface area contributed by atoms with Gasteiger partial charge < -0.3 is 0 Å². The summed E-state index contributed by atoms with van der Waals surface area (Å²) in [5, 5.41) is 0.688. The second-order valence-corrected chi connectivity index (χ2v) is 2.26. The van der Waals surface area contributed by atoms with E-state index < -0.39 is 0 Å². The summed E-state index contributed by atoms with van der Waals surface area (Å²) in [5.41, 5.74) is 0.862. The smallest absolute Gasteiger partial charge is 0.0805 e. The summed E-state index contributed by atoms with van der Waals surface area (Å²) in [6.07, 6.45) is 0. The van der Waals surface area contributed by atoms with E-state index in [4.69, 9.17) is 23.2 Å². The number of benzene rings is 1. The Hall–Kier alpha value is -0.200. The fourth-order valence-electron chi connectivity index (χ4n) is 0.564. The van der Waals surface area contributed by atoms with Crippen molar-refractivity contribution in [3.63, 3.8) is 0 Å². The molecule has 1 radical (unpaired) electrons. The van der Waals surface area contributed by atoms with Crippen molar-refractivity contribution in [1.29, 1.82) is 0 Å². The van der Waals surface area contributed by atoms with Crippen LogP contribution in [0, 0.1) is 5.88 Å². The van der Waals surface area contributed by atoms with Crippen LogP contribution >= 0.6 is 23.2 Å². The van der Waals surface area contributed by atoms with Crippen LogP contribution in [0.3, 0.4) is 0 Å². The SMILES string of the molecule is Cl[CH]c1ccccc1Cl. The molecule has 0 aliphatic rings. The molecule has 0 atom stereocenters. The standard InChI is InChI=1S/C7H5Cl2/c8-5-6-3-1-2-4-7(6)9/h1-5H. The van der Waals surface area contributed by atoms with Crippen LogP contribution in [0.5, 0.6) is 0 Å². The third-order valence-corrected chi connectivity index (χ3v) is 1.60. The Balaban J connectivity index is 3.01. The van der Waals surface area contributed by atoms with Gasteiger partial charge in [0.05, 0.1) is 5.88 Å². The van der Waals surface area contributed by atoms with Gasteiger partial charge >= 0.3 is 0 Å². The van der Waals surface area contributed by atoms with Gasteiger partial charge in [-0.05, 0) is 11.6 Å². The van der Waals surface area contributed by atoms with Gasteiger partial charge in [-0.25, -0.2) is 0 Å². The highest BCUT2D eigenvalue weighted by Gasteiger charge is 1.93. The van der Waals surface area contributed by atoms with E-state index in [-0.39, 0.29) is 0 Å². The number of halogens is 2. The number of rotatable bonds is 1. The second-order valence-electron chi connectivity index (χ2n) is 1.63. The van der Waals surface area contributed by atoms with Crippen molar-refractivity contribution >= 4 is 23.2 Å². The lowest BCUT2D eigenvalue weighted by Gasteiger charge is -1.94. The van der Waals surface area contributed by atoms with Crippen molar-refractivity contribution in [3.05, 3.63) is 40.7 Å². The summed E-state index contributed by atoms with van der Waals surface area (Å²) >= 11 is 11.1. The quantitative estimate of drug-likeness (QED) is 0.592. The highest BCUT2D eigenvalue weighted by atomic mass is 35.5. The summed E-state index contributed by atoms with van der Waals surface area (Å²) in [7, 11) is 0. The monoisotopic (exact) mass is 159 g/mol. The molecule has 0 saturated heterocycles. The van der Waals surface area contributed by atoms with Gasteiger partial charge in [0.1, 0.15) is 0 Å². The van der Waals surface area contributed by atoms with Crippen LogP contribution in [0.2, 0.25) is 5.02 Å². The van der Waals surface area contributed by atoms with Crippen molar-refractivity contribution in [3.8, 4) is 0 Å². The molecule has 0 unspecified atom stereocenters. The molecule has 47 valence electrons. The maximum atomic E-state index is 5.71. The normalized spacial score (nSPS) is 9.56. The summed E-state index contributed by atoms with van der Waals surface area (Å²) in [6.45, 7) is 0. The van der Waals surface area contributed by atoms with E-state index in [0.29, 0.717) is 5.02 Å². The van der Waals surface area contributed by atoms with Gasteiger partial charge in [-0.3, -0.25) is 0 Å². The van der Waals surface area contributed by atoms with E-state index in [1.807, 2.05) is 18.2 Å². The maximum Gasteiger partial charge on any atom is 0.0805 e. The summed E-state index contributed by atoms with van der Waals surface area (Å²) < 4.78 is 0. The molecule has 0 nitrogen and oxygen atoms in total. The Morgan fingerprint density at radius 2 is 1.89 bits per heavy atom. The third-order valence-electron chi connectivity index (χ3n) is 1.02. The average Bonchev–Trinajstić information content (AvgIpc) is 1.89. The number of hydrogen-bond donors (Lipinski definition) is 0. The molecule has 0 aliphatic heterocycles. The molecular weight excluding hydrogens is 155 g/mol. The first-order chi connectivity index (χ1) is 4.34. The van der Waals surface area contributed by atoms with Crippen molar-refractivity contribution in [1.82, 2.24) is 0 Å². The van der Waals surface area contributed by atoms with E-state index in [0.717, 1.165) is 5.56 Å². The Labute approximate surface area is 64.4 Å². The van der Waals surface area contributed by atoms with Crippen LogP contribution in [-0.2, 0) is 0 Å². The van der Waals surface area contributed by atoms with Crippen LogP contribution in [0.4, 0.5) is 0 Å². The van der Waals surface area contributed by atoms with E-state index in [1.54, 1.807) is 6.07 Å². The zero-order valence-electron chi connectivity index (χ0n) is 4.64. The van der Waals surface area contributed by atoms with Crippen LogP contribution in [0.15, 0.2) is 24.3 Å². The van der Waals surface area contributed by atoms with Crippen LogP contribution in [0.1, 0.15) is 5.56 Å². The minimum absolute atomic E-state index is 0.688. The van der Waals surface area contributed by atoms with Crippen molar-refractivity contribution in [2.24, 2.45) is 0 Å². The van der Waals surface area contributed by atoms with Gasteiger partial charge in [0.2, 0.25) is 0 Å². The van der Waals surface area contributed by atoms with Crippen LogP contribution < -0.4 is 0 Å². The summed E-state index contributed by atoms with van der Waals surface area (Å²) in [5.74, 6) is 1.46. The van der Waals surface area contributed by atoms with Gasteiger partial charge in [-0.1, -0.05) is 29.8 Å². The van der Waals surface area contributed by atoms with E-state index in [9.17, 15) is 0 Å². The zero-order chi connectivity index (χ0) is 6.69. The number of hydrogen-bond acceptors (Lipinski definition) is 0. The minimum Gasteiger partial charge on any atom is -0.116 e. The summed E-state index contributed by atoms with van der Waals surface area (Å²) in [4.78, 5) is 0. The first kappa shape index (κ1) is 6.91. The maximum absolute atomic E-state index is 5.71. The first-order valence-corrected chi connectivity index (χ1v) is 3.34. The molecule has 9 heavy (non-hydrogen) atoms. The highest BCUT2D eigenvalue weighted by Crippen LogP contribution is 2.17. The highest BCUT2D eigenvalue weighted by molar-refractivity contribution is 6.33. The molecule has 0 saturated carbocycles. The Kier molecular flexibility index (Phi) is 2.38. The molecule has 0 amide bonds. The topological polar surface area (TPSA) is 0 Å². The second kappa shape index (κ2) is 3.09. The Bertz CT molecular complexity index is 196. The van der Waals surface area contributed by atoms with Gasteiger partial charge in [0.25, 0.3) is 0 Å². The summed E-state index contributed by atoms with van der Waals surface area (Å²) in [6, 6.07) is 7.41. The van der Waals surface area contributed by atoms with E-state index in [2.05, 4.69) is 0 Å². The molecule has 1 rings (SSSR count). The van der Waals surface area contributed by atoms with E-state index in [1.165, 1.54) is 5.88 Å². The lowest BCUT2D eigenvalue weighted by Crippen LogP contribution is -1.73. The van der Waals surface area contributed by atoms with Crippen molar-refractivity contribution < 1.29 is 0 Å². The van der Waals surface area contributed by atoms with Gasteiger partial charge in [0.15, 0.2) is 0 Å². The fourth-order valence-corrected chi connectivity index (χ4v) is 1.00. The van der Waals surface area contributed by atoms with Crippen LogP contribution in [0.25, 0.3) is 0 Å². The molecule has 0 heterocycles. The molecular formula is C7H5Cl2. The lowest BCUT2D eigenvalue weighted by molar-refractivity contribution is 1.59. The third kappa shape index (κ3) is 1.60. The molecule has 0 aromatic heterocycles. The van der Waals surface area contributed by atoms with Gasteiger partial charge in [0, 0.05) is 5.02 Å². The predicted octanol–water partition coefficient (Wildman–Crippen LogP) is 3.09. The van der Waals surface area contributed by atoms with Crippen LogP contribution in [-0.4, -0.2) is 0 Å². The van der Waals surface area contributed by atoms with Gasteiger partial charge in [-0.2, -0.15) is 0 Å². The molecule has 2 heteroatoms. The average molecular weight is 160 g/mol. The zero-order valence-corrected chi connectivity index (χ0v) is 6.15. The van der Waals surface area contributed by atoms with Crippen molar-refractivity contribution in [2.75, 3.05) is 0 Å².